The summed E-state index contributed by atoms with van der Waals surface area (Å²) in [6.07, 6.45) is 2.22. The molecule has 0 fully saturated rings. The number of nitrogens with one attached hydrogen (secondary N) is 1. The molecule has 0 aromatic heterocycles. The monoisotopic (exact) mass is 342 g/mol. The molecule has 20 heavy (non-hydrogen) atoms. The lowest BCUT2D eigenvalue weighted by Crippen LogP contribution is -2.27. The quantitative estimate of drug-likeness (QED) is 0.701. The minimum atomic E-state index is 0.0987. The van der Waals surface area contributed by atoms with E-state index in [9.17, 15) is 4.79 Å². The van der Waals surface area contributed by atoms with Crippen LogP contribution in [0.15, 0.2) is 28.7 Å². The van der Waals surface area contributed by atoms with E-state index in [-0.39, 0.29) is 5.91 Å². The van der Waals surface area contributed by atoms with Gasteiger partial charge in [0.15, 0.2) is 0 Å². The summed E-state index contributed by atoms with van der Waals surface area (Å²) in [5.41, 5.74) is 0. The first-order valence-corrected chi connectivity index (χ1v) is 7.67. The molecule has 0 bridgehead atoms. The third-order valence-electron chi connectivity index (χ3n) is 2.72. The van der Waals surface area contributed by atoms with Gasteiger partial charge in [-0.2, -0.15) is 0 Å². The van der Waals surface area contributed by atoms with Crippen LogP contribution in [0.25, 0.3) is 0 Å². The van der Waals surface area contributed by atoms with E-state index in [0.717, 1.165) is 36.2 Å². The van der Waals surface area contributed by atoms with E-state index in [0.29, 0.717) is 13.0 Å². The first-order valence-electron chi connectivity index (χ1n) is 6.88. The summed E-state index contributed by atoms with van der Waals surface area (Å²) >= 11 is 3.39. The fraction of sp³-hybridized carbons (Fsp3) is 0.533. The summed E-state index contributed by atoms with van der Waals surface area (Å²) in [4.78, 5) is 13.7. The van der Waals surface area contributed by atoms with Gasteiger partial charge in [0, 0.05) is 17.4 Å². The van der Waals surface area contributed by atoms with Crippen LogP contribution in [0.5, 0.6) is 5.75 Å². The number of halogens is 1. The van der Waals surface area contributed by atoms with Crippen molar-refractivity contribution < 1.29 is 9.53 Å². The van der Waals surface area contributed by atoms with Gasteiger partial charge in [0.05, 0.1) is 6.61 Å². The van der Waals surface area contributed by atoms with Gasteiger partial charge in [0.1, 0.15) is 5.75 Å². The molecule has 1 aromatic carbocycles. The van der Waals surface area contributed by atoms with Crippen LogP contribution in [0.3, 0.4) is 0 Å². The minimum absolute atomic E-state index is 0.0987. The molecular weight excluding hydrogens is 320 g/mol. The highest BCUT2D eigenvalue weighted by molar-refractivity contribution is 9.10. The Kier molecular flexibility index (Phi) is 8.30. The fourth-order valence-corrected chi connectivity index (χ4v) is 2.07. The van der Waals surface area contributed by atoms with Crippen LogP contribution in [-0.4, -0.2) is 44.6 Å². The number of carbonyl (C=O) groups is 1. The van der Waals surface area contributed by atoms with Gasteiger partial charge in [0.2, 0.25) is 5.91 Å². The minimum Gasteiger partial charge on any atom is -0.494 e. The lowest BCUT2D eigenvalue weighted by atomic mass is 10.3. The van der Waals surface area contributed by atoms with Crippen molar-refractivity contribution in [1.82, 2.24) is 10.2 Å². The number of nitrogens with zero attached hydrogens (tertiary/aromatic N) is 1. The molecule has 0 atom stereocenters. The van der Waals surface area contributed by atoms with Crippen LogP contribution in [0.2, 0.25) is 0 Å². The Hall–Kier alpha value is -1.07. The number of hydrogen-bond donors (Lipinski definition) is 1. The number of carbonyl (C=O) groups excluding carboxylic acids is 1. The number of ether oxygens (including phenoxy) is 1. The van der Waals surface area contributed by atoms with Crippen LogP contribution >= 0.6 is 15.9 Å². The van der Waals surface area contributed by atoms with Crippen molar-refractivity contribution in [2.75, 3.05) is 33.8 Å². The van der Waals surface area contributed by atoms with E-state index < -0.39 is 0 Å². The van der Waals surface area contributed by atoms with E-state index >= 15 is 0 Å². The third kappa shape index (κ3) is 8.17. The highest BCUT2D eigenvalue weighted by Gasteiger charge is 2.01. The van der Waals surface area contributed by atoms with Gasteiger partial charge < -0.3 is 15.0 Å². The molecule has 0 heterocycles. The summed E-state index contributed by atoms with van der Waals surface area (Å²) < 4.78 is 6.57. The molecule has 0 unspecified atom stereocenters. The molecule has 1 N–H and O–H groups in total. The van der Waals surface area contributed by atoms with Crippen LogP contribution in [-0.2, 0) is 4.79 Å². The average Bonchev–Trinajstić information content (AvgIpc) is 2.40. The Balaban J connectivity index is 2.04. The molecule has 4 nitrogen and oxygen atoms in total. The number of hydrogen-bond acceptors (Lipinski definition) is 3. The SMILES string of the molecule is CN(C)CCCNC(=O)CCCOc1cccc(Br)c1. The molecule has 5 heteroatoms. The zero-order chi connectivity index (χ0) is 14.8. The van der Waals surface area contributed by atoms with Crippen LogP contribution in [0, 0.1) is 0 Å². The van der Waals surface area contributed by atoms with Crippen molar-refractivity contribution >= 4 is 21.8 Å². The predicted molar refractivity (Wildman–Crippen MR) is 85.1 cm³/mol. The molecule has 0 aliphatic heterocycles. The van der Waals surface area contributed by atoms with Crippen LogP contribution in [0.1, 0.15) is 19.3 Å². The van der Waals surface area contributed by atoms with Gasteiger partial charge in [-0.3, -0.25) is 4.79 Å². The van der Waals surface area contributed by atoms with Gasteiger partial charge in [-0.15, -0.1) is 0 Å². The number of rotatable bonds is 9. The van der Waals surface area contributed by atoms with Gasteiger partial charge in [-0.05, 0) is 51.7 Å². The first kappa shape index (κ1) is 17.0. The Morgan fingerprint density at radius 1 is 1.35 bits per heavy atom. The maximum Gasteiger partial charge on any atom is 0.220 e. The fourth-order valence-electron chi connectivity index (χ4n) is 1.69. The molecule has 0 radical (unpaired) electrons. The molecule has 0 aliphatic rings. The molecule has 0 spiro atoms. The predicted octanol–water partition coefficient (Wildman–Crippen LogP) is 2.68. The Labute approximate surface area is 129 Å². The molecule has 112 valence electrons. The highest BCUT2D eigenvalue weighted by Crippen LogP contribution is 2.17. The smallest absolute Gasteiger partial charge is 0.220 e. The van der Waals surface area contributed by atoms with E-state index in [4.69, 9.17) is 4.74 Å². The van der Waals surface area contributed by atoms with E-state index in [1.807, 2.05) is 38.4 Å². The van der Waals surface area contributed by atoms with Crippen molar-refractivity contribution in [2.45, 2.75) is 19.3 Å². The van der Waals surface area contributed by atoms with Gasteiger partial charge in [0.25, 0.3) is 0 Å². The maximum atomic E-state index is 11.6. The first-order chi connectivity index (χ1) is 9.58. The lowest BCUT2D eigenvalue weighted by molar-refractivity contribution is -0.121. The molecule has 1 amide bonds. The summed E-state index contributed by atoms with van der Waals surface area (Å²) in [5, 5.41) is 2.92. The van der Waals surface area contributed by atoms with E-state index in [2.05, 4.69) is 26.1 Å². The van der Waals surface area contributed by atoms with Crippen molar-refractivity contribution in [1.29, 1.82) is 0 Å². The number of amides is 1. The van der Waals surface area contributed by atoms with Crippen LogP contribution in [0.4, 0.5) is 0 Å². The Bertz CT molecular complexity index is 411. The lowest BCUT2D eigenvalue weighted by Gasteiger charge is -2.10. The van der Waals surface area contributed by atoms with E-state index in [1.165, 1.54) is 0 Å². The molecule has 0 saturated carbocycles. The second kappa shape index (κ2) is 9.77. The zero-order valence-corrected chi connectivity index (χ0v) is 13.8. The standard InChI is InChI=1S/C15H23BrN2O2/c1-18(2)10-5-9-17-15(19)8-4-11-20-14-7-3-6-13(16)12-14/h3,6-7,12H,4-5,8-11H2,1-2H3,(H,17,19). The zero-order valence-electron chi connectivity index (χ0n) is 12.2. The second-order valence-electron chi connectivity index (χ2n) is 4.92. The topological polar surface area (TPSA) is 41.6 Å². The molecule has 1 rings (SSSR count). The molecule has 0 saturated heterocycles. The highest BCUT2D eigenvalue weighted by atomic mass is 79.9. The molecular formula is C15H23BrN2O2. The van der Waals surface area contributed by atoms with Gasteiger partial charge in [-0.25, -0.2) is 0 Å². The second-order valence-corrected chi connectivity index (χ2v) is 5.83. The van der Waals surface area contributed by atoms with E-state index in [1.54, 1.807) is 0 Å². The van der Waals surface area contributed by atoms with Crippen LogP contribution < -0.4 is 10.1 Å². The summed E-state index contributed by atoms with van der Waals surface area (Å²) in [7, 11) is 4.06. The molecule has 1 aromatic rings. The van der Waals surface area contributed by atoms with Crippen molar-refractivity contribution in [3.63, 3.8) is 0 Å². The number of benzene rings is 1. The normalized spacial score (nSPS) is 10.6. The molecule has 0 aliphatic carbocycles. The summed E-state index contributed by atoms with van der Waals surface area (Å²) in [5.74, 6) is 0.923. The van der Waals surface area contributed by atoms with Gasteiger partial charge >= 0.3 is 0 Å². The average molecular weight is 343 g/mol. The van der Waals surface area contributed by atoms with Crippen molar-refractivity contribution in [2.24, 2.45) is 0 Å². The largest absolute Gasteiger partial charge is 0.494 e. The van der Waals surface area contributed by atoms with Crippen molar-refractivity contribution in [3.8, 4) is 5.75 Å². The summed E-state index contributed by atoms with van der Waals surface area (Å²) in [6, 6.07) is 7.71. The maximum absolute atomic E-state index is 11.6. The Morgan fingerprint density at radius 3 is 2.85 bits per heavy atom. The summed E-state index contributed by atoms with van der Waals surface area (Å²) in [6.45, 7) is 2.29. The third-order valence-corrected chi connectivity index (χ3v) is 3.21. The van der Waals surface area contributed by atoms with Gasteiger partial charge in [-0.1, -0.05) is 22.0 Å². The Morgan fingerprint density at radius 2 is 2.15 bits per heavy atom. The van der Waals surface area contributed by atoms with Crippen molar-refractivity contribution in [3.05, 3.63) is 28.7 Å².